The van der Waals surface area contributed by atoms with Gasteiger partial charge in [0, 0.05) is 0 Å². The van der Waals surface area contributed by atoms with E-state index >= 15 is 0 Å². The van der Waals surface area contributed by atoms with E-state index in [1.54, 1.807) is 6.92 Å². The van der Waals surface area contributed by atoms with Crippen LogP contribution in [0.5, 0.6) is 0 Å². The Balaban J connectivity index is 3.17. The molecular weight excluding hydrogens is 119 g/mol. The first-order valence-electron chi connectivity index (χ1n) is 2.34. The summed E-state index contributed by atoms with van der Waals surface area (Å²) in [5.74, 6) is 0. The first-order chi connectivity index (χ1) is 3.68. The quantitative estimate of drug-likeness (QED) is 0.561. The Kier molecular flexibility index (Phi) is 3.60. The van der Waals surface area contributed by atoms with Crippen LogP contribution in [0.4, 0.5) is 13.2 Å². The summed E-state index contributed by atoms with van der Waals surface area (Å²) < 4.78 is 34.0. The van der Waals surface area contributed by atoms with Gasteiger partial charge in [-0.15, -0.1) is 0 Å². The lowest BCUT2D eigenvalue weighted by Crippen LogP contribution is -2.30. The molecule has 0 aliphatic rings. The van der Waals surface area contributed by atoms with Crippen molar-refractivity contribution in [3.63, 3.8) is 0 Å². The highest BCUT2D eigenvalue weighted by Crippen LogP contribution is 1.99. The zero-order chi connectivity index (χ0) is 6.57. The van der Waals surface area contributed by atoms with Gasteiger partial charge in [-0.1, -0.05) is 6.92 Å². The summed E-state index contributed by atoms with van der Waals surface area (Å²) in [5, 5.41) is 1.93. The van der Waals surface area contributed by atoms with Crippen LogP contribution >= 0.6 is 0 Å². The lowest BCUT2D eigenvalue weighted by atomic mass is 10.6. The average Bonchev–Trinajstić information content (AvgIpc) is 1.67. The van der Waals surface area contributed by atoms with E-state index in [4.69, 9.17) is 0 Å². The highest BCUT2D eigenvalue weighted by atomic mass is 19.3. The fourth-order valence-electron chi connectivity index (χ4n) is 0.284. The van der Waals surface area contributed by atoms with Crippen LogP contribution in [0.2, 0.25) is 0 Å². The molecule has 0 aromatic carbocycles. The molecule has 0 radical (unpaired) electrons. The van der Waals surface area contributed by atoms with Gasteiger partial charge in [-0.3, -0.25) is 5.32 Å². The van der Waals surface area contributed by atoms with E-state index in [9.17, 15) is 13.2 Å². The van der Waals surface area contributed by atoms with Crippen LogP contribution in [-0.4, -0.2) is 19.3 Å². The molecule has 0 saturated carbocycles. The Bertz CT molecular complexity index is 57.2. The smallest absolute Gasteiger partial charge is 0.282 e. The monoisotopic (exact) mass is 127 g/mol. The summed E-state index contributed by atoms with van der Waals surface area (Å²) in [6.07, 6.45) is -5.07. The van der Waals surface area contributed by atoms with E-state index in [0.717, 1.165) is 0 Å². The fraction of sp³-hybridized carbons (Fsp3) is 1.00. The predicted octanol–water partition coefficient (Wildman–Crippen LogP) is 1.16. The molecule has 0 aliphatic carbocycles. The zero-order valence-corrected chi connectivity index (χ0v) is 4.50. The Labute approximate surface area is 45.9 Å². The normalized spacial score (nSPS) is 14.6. The molecule has 0 rings (SSSR count). The maximum Gasteiger partial charge on any atom is 0.282 e. The van der Waals surface area contributed by atoms with E-state index in [0.29, 0.717) is 0 Å². The molecule has 0 heterocycles. The molecule has 0 aromatic heterocycles. The minimum Gasteiger partial charge on any atom is -0.283 e. The average molecular weight is 127 g/mol. The van der Waals surface area contributed by atoms with Crippen LogP contribution < -0.4 is 5.32 Å². The van der Waals surface area contributed by atoms with Crippen LogP contribution in [0.25, 0.3) is 0 Å². The summed E-state index contributed by atoms with van der Waals surface area (Å²) in [6, 6.07) is 0. The summed E-state index contributed by atoms with van der Waals surface area (Å²) in [5.41, 5.74) is 0. The second-order valence-corrected chi connectivity index (χ2v) is 1.29. The van der Waals surface area contributed by atoms with Gasteiger partial charge in [-0.25, -0.2) is 13.2 Å². The SMILES string of the molecule is CCNC(F)C(F)F. The highest BCUT2D eigenvalue weighted by molar-refractivity contribution is 4.51. The molecule has 1 N–H and O–H groups in total. The lowest BCUT2D eigenvalue weighted by molar-refractivity contribution is 0.0320. The van der Waals surface area contributed by atoms with E-state index in [1.165, 1.54) is 0 Å². The van der Waals surface area contributed by atoms with Gasteiger partial charge in [0.2, 0.25) is 6.30 Å². The van der Waals surface area contributed by atoms with Crippen molar-refractivity contribution in [3.8, 4) is 0 Å². The molecule has 0 fully saturated rings. The molecular formula is C4H8F3N. The van der Waals surface area contributed by atoms with Crippen LogP contribution in [0, 0.1) is 0 Å². The molecule has 0 aromatic rings. The highest BCUT2D eigenvalue weighted by Gasteiger charge is 2.16. The van der Waals surface area contributed by atoms with Gasteiger partial charge >= 0.3 is 0 Å². The number of hydrogen-bond donors (Lipinski definition) is 1. The first-order valence-corrected chi connectivity index (χ1v) is 2.34. The Morgan fingerprint density at radius 1 is 1.38 bits per heavy atom. The van der Waals surface area contributed by atoms with Crippen molar-refractivity contribution in [3.05, 3.63) is 0 Å². The third-order valence-corrected chi connectivity index (χ3v) is 0.620. The maximum absolute atomic E-state index is 11.7. The topological polar surface area (TPSA) is 12.0 Å². The van der Waals surface area contributed by atoms with Gasteiger partial charge in [0.25, 0.3) is 6.43 Å². The molecule has 1 atom stereocenters. The minimum atomic E-state index is -2.91. The van der Waals surface area contributed by atoms with Crippen LogP contribution in [-0.2, 0) is 0 Å². The molecule has 1 unspecified atom stereocenters. The van der Waals surface area contributed by atoms with E-state index in [2.05, 4.69) is 0 Å². The summed E-state index contributed by atoms with van der Waals surface area (Å²) >= 11 is 0. The number of alkyl halides is 3. The summed E-state index contributed by atoms with van der Waals surface area (Å²) in [4.78, 5) is 0. The number of halogens is 3. The van der Waals surface area contributed by atoms with Crippen molar-refractivity contribution < 1.29 is 13.2 Å². The van der Waals surface area contributed by atoms with Crippen molar-refractivity contribution in [2.24, 2.45) is 0 Å². The number of hydrogen-bond acceptors (Lipinski definition) is 1. The van der Waals surface area contributed by atoms with Gasteiger partial charge in [-0.2, -0.15) is 0 Å². The largest absolute Gasteiger partial charge is 0.283 e. The molecule has 0 aliphatic heterocycles. The summed E-state index contributed by atoms with van der Waals surface area (Å²) in [7, 11) is 0. The molecule has 0 saturated heterocycles. The fourth-order valence-corrected chi connectivity index (χ4v) is 0.284. The van der Waals surface area contributed by atoms with E-state index in [-0.39, 0.29) is 6.54 Å². The van der Waals surface area contributed by atoms with Crippen molar-refractivity contribution in [1.29, 1.82) is 0 Å². The van der Waals surface area contributed by atoms with Crippen LogP contribution in [0.15, 0.2) is 0 Å². The molecule has 8 heavy (non-hydrogen) atoms. The van der Waals surface area contributed by atoms with Crippen molar-refractivity contribution in [2.75, 3.05) is 6.54 Å². The second kappa shape index (κ2) is 3.72. The molecule has 50 valence electrons. The van der Waals surface area contributed by atoms with E-state index in [1.807, 2.05) is 5.32 Å². The number of rotatable bonds is 3. The van der Waals surface area contributed by atoms with Crippen molar-refractivity contribution in [2.45, 2.75) is 19.6 Å². The van der Waals surface area contributed by atoms with Gasteiger partial charge in [0.1, 0.15) is 0 Å². The molecule has 0 spiro atoms. The Morgan fingerprint density at radius 3 is 2.00 bits per heavy atom. The maximum atomic E-state index is 11.7. The van der Waals surface area contributed by atoms with Crippen LogP contribution in [0.1, 0.15) is 6.92 Å². The second-order valence-electron chi connectivity index (χ2n) is 1.29. The number of nitrogens with one attached hydrogen (secondary N) is 1. The Hall–Kier alpha value is -0.250. The van der Waals surface area contributed by atoms with Gasteiger partial charge in [-0.05, 0) is 6.54 Å². The van der Waals surface area contributed by atoms with Gasteiger partial charge in [0.15, 0.2) is 0 Å². The van der Waals surface area contributed by atoms with Crippen molar-refractivity contribution in [1.82, 2.24) is 5.32 Å². The van der Waals surface area contributed by atoms with Gasteiger partial charge < -0.3 is 0 Å². The summed E-state index contributed by atoms with van der Waals surface area (Å²) in [6.45, 7) is 1.79. The molecule has 0 bridgehead atoms. The van der Waals surface area contributed by atoms with Crippen molar-refractivity contribution >= 4 is 0 Å². The third-order valence-electron chi connectivity index (χ3n) is 0.620. The predicted molar refractivity (Wildman–Crippen MR) is 24.6 cm³/mol. The zero-order valence-electron chi connectivity index (χ0n) is 4.50. The standard InChI is InChI=1S/C4H8F3N/c1-2-8-4(7)3(5)6/h3-4,8H,2H2,1H3. The van der Waals surface area contributed by atoms with E-state index < -0.39 is 12.7 Å². The minimum absolute atomic E-state index is 0.228. The first kappa shape index (κ1) is 7.75. The molecule has 1 nitrogen and oxygen atoms in total. The lowest BCUT2D eigenvalue weighted by Gasteiger charge is -2.04. The molecule has 0 amide bonds. The molecule has 4 heteroatoms. The van der Waals surface area contributed by atoms with Gasteiger partial charge in [0.05, 0.1) is 0 Å². The van der Waals surface area contributed by atoms with Crippen LogP contribution in [0.3, 0.4) is 0 Å². The third kappa shape index (κ3) is 2.85. The Morgan fingerprint density at radius 2 is 1.88 bits per heavy atom.